The molecule has 3 aromatic rings. The number of likely N-dealkylation sites (tertiary alicyclic amines) is 1. The van der Waals surface area contributed by atoms with Crippen LogP contribution in [0.3, 0.4) is 0 Å². The standard InChI is InChI=1S/C20H21N5.C5H9NO.C2H4O2/c1-2-16-7-6-8-18(13-16)23-20-19-17(9-12-25(19)22-15-21-20)14-24-10-4-3-5-11-24;1-2-3-4-5(6)7;1-2(3)4/h1,6-9,12-13,15H,3-5,10-11,14H2,(H,21,22,23);2H,1,3-4H2,(H2,6,7);1H3,(H,3,4). The van der Waals surface area contributed by atoms with E-state index < -0.39 is 5.97 Å². The average molecular weight is 491 g/mol. The number of terminal acetylenes is 1. The third-order valence-electron chi connectivity index (χ3n) is 5.27. The minimum atomic E-state index is -0.833. The first kappa shape index (κ1) is 28.1. The van der Waals surface area contributed by atoms with Gasteiger partial charge in [0.05, 0.1) is 0 Å². The van der Waals surface area contributed by atoms with Gasteiger partial charge in [0.25, 0.3) is 5.97 Å². The highest BCUT2D eigenvalue weighted by Gasteiger charge is 2.15. The number of carboxylic acids is 1. The SMILES string of the molecule is C#Cc1cccc(Nc2ncnn3ccc(CN4CCCCC4)c23)c1.C=CCCC(N)=O.CC(=O)O. The quantitative estimate of drug-likeness (QED) is 0.338. The van der Waals surface area contributed by atoms with Crippen LogP contribution in [0.1, 0.15) is 50.2 Å². The summed E-state index contributed by atoms with van der Waals surface area (Å²) in [6.45, 7) is 7.77. The van der Waals surface area contributed by atoms with Crippen LogP contribution in [0.2, 0.25) is 0 Å². The number of fused-ring (bicyclic) bond motifs is 1. The van der Waals surface area contributed by atoms with Gasteiger partial charge in [-0.1, -0.05) is 24.5 Å². The number of allylic oxidation sites excluding steroid dienone is 1. The Balaban J connectivity index is 0.000000351. The molecule has 0 radical (unpaired) electrons. The van der Waals surface area contributed by atoms with Crippen LogP contribution in [0.5, 0.6) is 0 Å². The number of amides is 1. The van der Waals surface area contributed by atoms with E-state index in [2.05, 4.69) is 38.9 Å². The number of hydrogen-bond acceptors (Lipinski definition) is 6. The molecule has 4 N–H and O–H groups in total. The molecule has 0 bridgehead atoms. The number of carbonyl (C=O) groups excluding carboxylic acids is 1. The van der Waals surface area contributed by atoms with Crippen molar-refractivity contribution in [1.82, 2.24) is 19.5 Å². The molecule has 0 atom stereocenters. The maximum absolute atomic E-state index is 9.93. The number of benzene rings is 1. The summed E-state index contributed by atoms with van der Waals surface area (Å²) in [5, 5.41) is 15.2. The van der Waals surface area contributed by atoms with E-state index in [0.29, 0.717) is 12.8 Å². The Morgan fingerprint density at radius 1 is 1.28 bits per heavy atom. The van der Waals surface area contributed by atoms with E-state index in [1.165, 1.54) is 24.8 Å². The second kappa shape index (κ2) is 15.0. The number of carbonyl (C=O) groups is 2. The maximum atomic E-state index is 9.93. The summed E-state index contributed by atoms with van der Waals surface area (Å²) in [4.78, 5) is 25.9. The summed E-state index contributed by atoms with van der Waals surface area (Å²) in [6.07, 6.45) is 15.8. The first-order valence-electron chi connectivity index (χ1n) is 11.8. The third kappa shape index (κ3) is 9.60. The van der Waals surface area contributed by atoms with E-state index >= 15 is 0 Å². The Kier molecular flexibility index (Phi) is 11.7. The van der Waals surface area contributed by atoms with Gasteiger partial charge in [-0.05, 0) is 62.2 Å². The Morgan fingerprint density at radius 2 is 2.00 bits per heavy atom. The molecule has 1 aliphatic heterocycles. The van der Waals surface area contributed by atoms with Crippen molar-refractivity contribution in [3.8, 4) is 12.3 Å². The van der Waals surface area contributed by atoms with Gasteiger partial charge in [0.15, 0.2) is 5.82 Å². The number of nitrogens with zero attached hydrogens (tertiary/aromatic N) is 4. The van der Waals surface area contributed by atoms with Crippen LogP contribution >= 0.6 is 0 Å². The van der Waals surface area contributed by atoms with Crippen molar-refractivity contribution in [2.75, 3.05) is 18.4 Å². The minimum Gasteiger partial charge on any atom is -0.481 e. The van der Waals surface area contributed by atoms with Gasteiger partial charge in [0.1, 0.15) is 11.8 Å². The zero-order valence-corrected chi connectivity index (χ0v) is 20.7. The zero-order chi connectivity index (χ0) is 26.3. The number of hydrogen-bond donors (Lipinski definition) is 3. The van der Waals surface area contributed by atoms with Crippen LogP contribution in [0.15, 0.2) is 55.5 Å². The average Bonchev–Trinajstić information content (AvgIpc) is 3.27. The molecule has 1 fully saturated rings. The summed E-state index contributed by atoms with van der Waals surface area (Å²) in [6, 6.07) is 9.95. The van der Waals surface area contributed by atoms with Crippen molar-refractivity contribution in [2.45, 2.75) is 45.6 Å². The summed E-state index contributed by atoms with van der Waals surface area (Å²) >= 11 is 0. The fourth-order valence-electron chi connectivity index (χ4n) is 3.66. The molecule has 1 aliphatic rings. The monoisotopic (exact) mass is 490 g/mol. The number of aliphatic carboxylic acids is 1. The predicted molar refractivity (Wildman–Crippen MR) is 142 cm³/mol. The lowest BCUT2D eigenvalue weighted by Crippen LogP contribution is -2.29. The number of rotatable bonds is 7. The largest absolute Gasteiger partial charge is 0.481 e. The Hall–Kier alpha value is -4.16. The van der Waals surface area contributed by atoms with Crippen molar-refractivity contribution in [3.05, 3.63) is 66.6 Å². The first-order valence-corrected chi connectivity index (χ1v) is 11.8. The lowest BCUT2D eigenvalue weighted by Gasteiger charge is -2.26. The highest BCUT2D eigenvalue weighted by molar-refractivity contribution is 5.76. The molecule has 36 heavy (non-hydrogen) atoms. The van der Waals surface area contributed by atoms with E-state index in [1.54, 1.807) is 12.4 Å². The van der Waals surface area contributed by atoms with Crippen LogP contribution in [0.25, 0.3) is 5.52 Å². The van der Waals surface area contributed by atoms with Crippen LogP contribution < -0.4 is 11.1 Å². The number of primary amides is 1. The molecular weight excluding hydrogens is 456 g/mol. The fraction of sp³-hybridized carbons (Fsp3) is 0.333. The number of nitrogens with two attached hydrogens (primary N) is 1. The van der Waals surface area contributed by atoms with Gasteiger partial charge in [-0.15, -0.1) is 13.0 Å². The normalized spacial score (nSPS) is 12.8. The maximum Gasteiger partial charge on any atom is 0.300 e. The van der Waals surface area contributed by atoms with Gasteiger partial charge in [-0.3, -0.25) is 14.5 Å². The van der Waals surface area contributed by atoms with Crippen molar-refractivity contribution in [1.29, 1.82) is 0 Å². The molecule has 0 spiro atoms. The third-order valence-corrected chi connectivity index (χ3v) is 5.27. The van der Waals surface area contributed by atoms with Gasteiger partial charge >= 0.3 is 0 Å². The number of nitrogens with one attached hydrogen (secondary N) is 1. The summed E-state index contributed by atoms with van der Waals surface area (Å²) in [7, 11) is 0. The molecule has 2 aromatic heterocycles. The smallest absolute Gasteiger partial charge is 0.300 e. The minimum absolute atomic E-state index is 0.264. The predicted octanol–water partition coefficient (Wildman–Crippen LogP) is 3.97. The van der Waals surface area contributed by atoms with E-state index in [1.807, 2.05) is 35.0 Å². The van der Waals surface area contributed by atoms with Gasteiger partial charge in [-0.2, -0.15) is 5.10 Å². The fourth-order valence-corrected chi connectivity index (χ4v) is 3.66. The molecular formula is C27H34N6O3. The van der Waals surface area contributed by atoms with Gasteiger partial charge in [-0.25, -0.2) is 9.50 Å². The molecule has 190 valence electrons. The number of aromatic nitrogens is 3. The van der Waals surface area contributed by atoms with Crippen molar-refractivity contribution in [3.63, 3.8) is 0 Å². The molecule has 0 unspecified atom stereocenters. The topological polar surface area (TPSA) is 126 Å². The molecule has 1 aromatic carbocycles. The molecule has 0 saturated carbocycles. The van der Waals surface area contributed by atoms with E-state index in [4.69, 9.17) is 22.1 Å². The molecule has 0 aliphatic carbocycles. The molecule has 9 nitrogen and oxygen atoms in total. The zero-order valence-electron chi connectivity index (χ0n) is 20.7. The lowest BCUT2D eigenvalue weighted by molar-refractivity contribution is -0.134. The number of carboxylic acid groups (broad SMARTS) is 1. The van der Waals surface area contributed by atoms with Gasteiger partial charge < -0.3 is 16.2 Å². The summed E-state index contributed by atoms with van der Waals surface area (Å²) < 4.78 is 1.89. The number of piperidine rings is 1. The number of anilines is 2. The molecule has 3 heterocycles. The van der Waals surface area contributed by atoms with Crippen molar-refractivity contribution < 1.29 is 14.7 Å². The Morgan fingerprint density at radius 3 is 2.61 bits per heavy atom. The van der Waals surface area contributed by atoms with Crippen LogP contribution in [0, 0.1) is 12.3 Å². The van der Waals surface area contributed by atoms with Crippen LogP contribution in [-0.2, 0) is 16.1 Å². The van der Waals surface area contributed by atoms with E-state index in [0.717, 1.165) is 49.1 Å². The summed E-state index contributed by atoms with van der Waals surface area (Å²) in [5.74, 6) is 2.38. The molecule has 1 saturated heterocycles. The molecule has 4 rings (SSSR count). The Labute approximate surface area is 212 Å². The molecule has 1 amide bonds. The summed E-state index contributed by atoms with van der Waals surface area (Å²) in [5.41, 5.74) is 8.85. The van der Waals surface area contributed by atoms with Gasteiger partial charge in [0, 0.05) is 37.3 Å². The lowest BCUT2D eigenvalue weighted by atomic mass is 10.1. The van der Waals surface area contributed by atoms with Crippen molar-refractivity contribution >= 4 is 28.9 Å². The van der Waals surface area contributed by atoms with Crippen LogP contribution in [0.4, 0.5) is 11.5 Å². The second-order valence-electron chi connectivity index (χ2n) is 8.24. The van der Waals surface area contributed by atoms with E-state index in [-0.39, 0.29) is 5.91 Å². The highest BCUT2D eigenvalue weighted by atomic mass is 16.4. The van der Waals surface area contributed by atoms with Crippen LogP contribution in [-0.4, -0.2) is 49.6 Å². The second-order valence-corrected chi connectivity index (χ2v) is 8.24. The first-order chi connectivity index (χ1) is 17.3. The Bertz CT molecular complexity index is 1190. The highest BCUT2D eigenvalue weighted by Crippen LogP contribution is 2.25. The molecule has 9 heteroatoms. The van der Waals surface area contributed by atoms with E-state index in [9.17, 15) is 4.79 Å². The van der Waals surface area contributed by atoms with Crippen molar-refractivity contribution in [2.24, 2.45) is 5.73 Å². The van der Waals surface area contributed by atoms with Gasteiger partial charge in [0.2, 0.25) is 5.91 Å².